The summed E-state index contributed by atoms with van der Waals surface area (Å²) in [5.74, 6) is 1.62. The lowest BCUT2D eigenvalue weighted by molar-refractivity contribution is -0.130. The van der Waals surface area contributed by atoms with Gasteiger partial charge in [-0.3, -0.25) is 4.79 Å². The summed E-state index contributed by atoms with van der Waals surface area (Å²) >= 11 is 1.78. The Morgan fingerprint density at radius 2 is 2.07 bits per heavy atom. The third kappa shape index (κ3) is 7.50. The minimum absolute atomic E-state index is 0. The SMILES string of the molecule is CCNC(=NCC(=O)N1CCc2sccc2C1)NCCCOc1ccccc1.I. The minimum atomic E-state index is 0. The molecule has 0 radical (unpaired) electrons. The standard InChI is InChI=1S/C21H28N4O2S.HI/c1-2-22-21(23-11-6-13-27-18-7-4-3-5-8-18)24-15-20(26)25-12-9-19-17(16-25)10-14-28-19;/h3-5,7-8,10,14H,2,6,9,11-13,15-16H2,1H3,(H2,22,23,24);1H. The highest BCUT2D eigenvalue weighted by Crippen LogP contribution is 2.23. The van der Waals surface area contributed by atoms with Crippen LogP contribution in [0.2, 0.25) is 0 Å². The van der Waals surface area contributed by atoms with E-state index in [1.165, 1.54) is 10.4 Å². The van der Waals surface area contributed by atoms with Crippen LogP contribution < -0.4 is 15.4 Å². The number of thiophene rings is 1. The van der Waals surface area contributed by atoms with Crippen molar-refractivity contribution >= 4 is 47.2 Å². The van der Waals surface area contributed by atoms with Gasteiger partial charge in [0.2, 0.25) is 5.91 Å². The van der Waals surface area contributed by atoms with E-state index in [4.69, 9.17) is 4.74 Å². The third-order valence-corrected chi connectivity index (χ3v) is 5.53. The Kier molecular flexibility index (Phi) is 10.3. The first kappa shape index (κ1) is 23.5. The van der Waals surface area contributed by atoms with E-state index < -0.39 is 0 Å². The molecule has 1 aromatic heterocycles. The Labute approximate surface area is 193 Å². The Morgan fingerprint density at radius 3 is 2.86 bits per heavy atom. The lowest BCUT2D eigenvalue weighted by Gasteiger charge is -2.26. The number of amides is 1. The molecule has 1 aliphatic heterocycles. The van der Waals surface area contributed by atoms with Crippen LogP contribution in [0.5, 0.6) is 5.75 Å². The molecule has 0 saturated heterocycles. The molecule has 2 heterocycles. The van der Waals surface area contributed by atoms with Gasteiger partial charge in [0.25, 0.3) is 0 Å². The third-order valence-electron chi connectivity index (χ3n) is 4.50. The normalized spacial score (nSPS) is 13.3. The molecule has 0 bridgehead atoms. The molecule has 1 amide bonds. The van der Waals surface area contributed by atoms with Crippen molar-refractivity contribution in [2.45, 2.75) is 26.3 Å². The van der Waals surface area contributed by atoms with Crippen molar-refractivity contribution < 1.29 is 9.53 Å². The maximum atomic E-state index is 12.5. The molecule has 0 spiro atoms. The monoisotopic (exact) mass is 528 g/mol. The zero-order valence-corrected chi connectivity index (χ0v) is 19.9. The highest BCUT2D eigenvalue weighted by Gasteiger charge is 2.21. The molecular weight excluding hydrogens is 499 g/mol. The maximum absolute atomic E-state index is 12.5. The summed E-state index contributed by atoms with van der Waals surface area (Å²) in [4.78, 5) is 20.3. The predicted molar refractivity (Wildman–Crippen MR) is 129 cm³/mol. The summed E-state index contributed by atoms with van der Waals surface area (Å²) in [6.07, 6.45) is 1.79. The van der Waals surface area contributed by atoms with Gasteiger partial charge in [0.15, 0.2) is 5.96 Å². The molecular formula is C21H29IN4O2S. The highest BCUT2D eigenvalue weighted by atomic mass is 127. The van der Waals surface area contributed by atoms with E-state index in [1.807, 2.05) is 42.2 Å². The summed E-state index contributed by atoms with van der Waals surface area (Å²) in [6, 6.07) is 11.9. The molecule has 0 fully saturated rings. The van der Waals surface area contributed by atoms with Crippen LogP contribution in [0, 0.1) is 0 Å². The zero-order chi connectivity index (χ0) is 19.6. The average molecular weight is 528 g/mol. The number of ether oxygens (including phenoxy) is 1. The van der Waals surface area contributed by atoms with E-state index in [9.17, 15) is 4.79 Å². The molecule has 2 N–H and O–H groups in total. The summed E-state index contributed by atoms with van der Waals surface area (Å²) in [5, 5.41) is 8.56. The Bertz CT molecular complexity index is 782. The Hall–Kier alpha value is -1.81. The second-order valence-corrected chi connectivity index (χ2v) is 7.57. The van der Waals surface area contributed by atoms with Crippen molar-refractivity contribution in [2.24, 2.45) is 4.99 Å². The highest BCUT2D eigenvalue weighted by molar-refractivity contribution is 14.0. The van der Waals surface area contributed by atoms with Crippen molar-refractivity contribution in [3.8, 4) is 5.75 Å². The number of carbonyl (C=O) groups is 1. The molecule has 0 aliphatic carbocycles. The van der Waals surface area contributed by atoms with Gasteiger partial charge in [-0.05, 0) is 48.9 Å². The van der Waals surface area contributed by atoms with Crippen LogP contribution in [-0.4, -0.2) is 49.6 Å². The number of rotatable bonds is 8. The molecule has 0 unspecified atom stereocenters. The topological polar surface area (TPSA) is 66.0 Å². The van der Waals surface area contributed by atoms with E-state index in [1.54, 1.807) is 11.3 Å². The first-order valence-electron chi connectivity index (χ1n) is 9.79. The number of hydrogen-bond donors (Lipinski definition) is 2. The number of aliphatic imine (C=N–C) groups is 1. The number of guanidine groups is 1. The lowest BCUT2D eigenvalue weighted by atomic mass is 10.1. The van der Waals surface area contributed by atoms with E-state index in [0.29, 0.717) is 19.1 Å². The lowest BCUT2D eigenvalue weighted by Crippen LogP contribution is -2.40. The molecule has 1 aliphatic rings. The average Bonchev–Trinajstić information content (AvgIpc) is 3.20. The minimum Gasteiger partial charge on any atom is -0.494 e. The van der Waals surface area contributed by atoms with Gasteiger partial charge >= 0.3 is 0 Å². The van der Waals surface area contributed by atoms with E-state index in [0.717, 1.165) is 38.2 Å². The predicted octanol–water partition coefficient (Wildman–Crippen LogP) is 3.28. The largest absolute Gasteiger partial charge is 0.494 e. The zero-order valence-electron chi connectivity index (χ0n) is 16.7. The number of halogens is 1. The van der Waals surface area contributed by atoms with Gasteiger partial charge in [0, 0.05) is 31.1 Å². The molecule has 158 valence electrons. The number of hydrogen-bond acceptors (Lipinski definition) is 4. The Morgan fingerprint density at radius 1 is 1.24 bits per heavy atom. The number of para-hydroxylation sites is 1. The van der Waals surface area contributed by atoms with Crippen LogP contribution in [0.3, 0.4) is 0 Å². The fourth-order valence-electron chi connectivity index (χ4n) is 3.04. The van der Waals surface area contributed by atoms with E-state index in [-0.39, 0.29) is 36.4 Å². The van der Waals surface area contributed by atoms with Gasteiger partial charge < -0.3 is 20.3 Å². The van der Waals surface area contributed by atoms with Gasteiger partial charge in [-0.25, -0.2) is 4.99 Å². The van der Waals surface area contributed by atoms with E-state index in [2.05, 4.69) is 27.1 Å². The van der Waals surface area contributed by atoms with Gasteiger partial charge in [-0.15, -0.1) is 35.3 Å². The smallest absolute Gasteiger partial charge is 0.244 e. The summed E-state index contributed by atoms with van der Waals surface area (Å²) in [7, 11) is 0. The molecule has 0 atom stereocenters. The molecule has 0 saturated carbocycles. The molecule has 8 heteroatoms. The quantitative estimate of drug-likeness (QED) is 0.239. The number of nitrogens with one attached hydrogen (secondary N) is 2. The summed E-state index contributed by atoms with van der Waals surface area (Å²) < 4.78 is 5.69. The second kappa shape index (κ2) is 12.7. The van der Waals surface area contributed by atoms with Gasteiger partial charge in [0.05, 0.1) is 6.61 Å². The van der Waals surface area contributed by atoms with Crippen molar-refractivity contribution in [3.63, 3.8) is 0 Å². The van der Waals surface area contributed by atoms with E-state index >= 15 is 0 Å². The van der Waals surface area contributed by atoms with Gasteiger partial charge in [0.1, 0.15) is 12.3 Å². The number of nitrogens with zero attached hydrogens (tertiary/aromatic N) is 2. The van der Waals surface area contributed by atoms with Gasteiger partial charge in [-0.1, -0.05) is 18.2 Å². The fourth-order valence-corrected chi connectivity index (χ4v) is 3.93. The number of benzene rings is 1. The van der Waals surface area contributed by atoms with Crippen LogP contribution in [0.4, 0.5) is 0 Å². The van der Waals surface area contributed by atoms with Crippen molar-refractivity contribution in [1.29, 1.82) is 0 Å². The van der Waals surface area contributed by atoms with Gasteiger partial charge in [-0.2, -0.15) is 0 Å². The van der Waals surface area contributed by atoms with Crippen LogP contribution in [0.15, 0.2) is 46.8 Å². The van der Waals surface area contributed by atoms with Crippen molar-refractivity contribution in [3.05, 3.63) is 52.2 Å². The molecule has 6 nitrogen and oxygen atoms in total. The second-order valence-electron chi connectivity index (χ2n) is 6.57. The van der Waals surface area contributed by atoms with Crippen LogP contribution in [0.1, 0.15) is 23.8 Å². The maximum Gasteiger partial charge on any atom is 0.244 e. The molecule has 2 aromatic rings. The number of carbonyl (C=O) groups excluding carboxylic acids is 1. The summed E-state index contributed by atoms with van der Waals surface area (Å²) in [6.45, 7) is 5.77. The molecule has 3 rings (SSSR count). The van der Waals surface area contributed by atoms with Crippen LogP contribution >= 0.6 is 35.3 Å². The first-order chi connectivity index (χ1) is 13.8. The molecule has 1 aromatic carbocycles. The van der Waals surface area contributed by atoms with Crippen molar-refractivity contribution in [1.82, 2.24) is 15.5 Å². The first-order valence-corrected chi connectivity index (χ1v) is 10.7. The van der Waals surface area contributed by atoms with Crippen LogP contribution in [-0.2, 0) is 17.8 Å². The number of fused-ring (bicyclic) bond motifs is 1. The Balaban J connectivity index is 0.00000300. The summed E-state index contributed by atoms with van der Waals surface area (Å²) in [5.41, 5.74) is 1.28. The van der Waals surface area contributed by atoms with Crippen molar-refractivity contribution in [2.75, 3.05) is 32.8 Å². The fraction of sp³-hybridized carbons (Fsp3) is 0.429. The van der Waals surface area contributed by atoms with Crippen LogP contribution in [0.25, 0.3) is 0 Å². The molecule has 29 heavy (non-hydrogen) atoms.